The topological polar surface area (TPSA) is 82.7 Å². The number of amides is 1. The van der Waals surface area contributed by atoms with Gasteiger partial charge in [0.15, 0.2) is 5.58 Å². The van der Waals surface area contributed by atoms with E-state index >= 15 is 0 Å². The lowest BCUT2D eigenvalue weighted by Crippen LogP contribution is -2.29. The normalized spacial score (nSPS) is 12.0. The van der Waals surface area contributed by atoms with Gasteiger partial charge in [0.2, 0.25) is 5.91 Å². The zero-order valence-corrected chi connectivity index (χ0v) is 17.7. The molecule has 0 aliphatic heterocycles. The molecular formula is C24H20F2N2O5. The maximum atomic E-state index is 12.9. The lowest BCUT2D eigenvalue weighted by molar-refractivity contribution is -0.118. The number of aromatic nitrogens is 1. The van der Waals surface area contributed by atoms with Gasteiger partial charge in [-0.2, -0.15) is 8.78 Å². The van der Waals surface area contributed by atoms with Gasteiger partial charge in [0.05, 0.1) is 12.6 Å². The van der Waals surface area contributed by atoms with Crippen molar-refractivity contribution in [1.29, 1.82) is 0 Å². The number of hydrogen-bond acceptors (Lipinski definition) is 5. The minimum Gasteiger partial charge on any atom is -0.497 e. The van der Waals surface area contributed by atoms with E-state index < -0.39 is 24.3 Å². The number of oxazole rings is 1. The molecule has 1 amide bonds. The molecule has 0 bridgehead atoms. The second-order valence-corrected chi connectivity index (χ2v) is 7.19. The van der Waals surface area contributed by atoms with Crippen LogP contribution in [-0.4, -0.2) is 24.2 Å². The molecule has 1 heterocycles. The number of benzene rings is 3. The predicted octanol–water partition coefficient (Wildman–Crippen LogP) is 5.07. The van der Waals surface area contributed by atoms with Crippen molar-refractivity contribution in [2.75, 3.05) is 12.4 Å². The summed E-state index contributed by atoms with van der Waals surface area (Å²) in [5.74, 6) is -0.574. The first-order valence-electron chi connectivity index (χ1n) is 10.0. The van der Waals surface area contributed by atoms with E-state index in [1.807, 2.05) is 0 Å². The Hall–Kier alpha value is -4.14. The summed E-state index contributed by atoms with van der Waals surface area (Å²) >= 11 is 0. The molecule has 0 aliphatic rings. The van der Waals surface area contributed by atoms with Crippen molar-refractivity contribution in [2.45, 2.75) is 19.6 Å². The van der Waals surface area contributed by atoms with Crippen LogP contribution in [0.15, 0.2) is 75.9 Å². The van der Waals surface area contributed by atoms with Crippen LogP contribution >= 0.6 is 0 Å². The highest BCUT2D eigenvalue weighted by molar-refractivity contribution is 5.95. The Morgan fingerprint density at radius 1 is 1.06 bits per heavy atom. The Morgan fingerprint density at radius 2 is 1.79 bits per heavy atom. The van der Waals surface area contributed by atoms with Crippen LogP contribution in [0.5, 0.6) is 11.5 Å². The average molecular weight is 454 g/mol. The van der Waals surface area contributed by atoms with Crippen LogP contribution in [0.25, 0.3) is 22.2 Å². The minimum absolute atomic E-state index is 0.0433. The number of hydrogen-bond donors (Lipinski definition) is 1. The van der Waals surface area contributed by atoms with Crippen molar-refractivity contribution in [3.05, 3.63) is 77.3 Å². The Balaban J connectivity index is 1.65. The van der Waals surface area contributed by atoms with Gasteiger partial charge < -0.3 is 19.2 Å². The summed E-state index contributed by atoms with van der Waals surface area (Å²) in [5, 5.41) is 2.73. The molecule has 0 saturated heterocycles. The van der Waals surface area contributed by atoms with Crippen molar-refractivity contribution in [3.63, 3.8) is 0 Å². The number of rotatable bonds is 7. The number of carbonyl (C=O) groups is 1. The number of ether oxygens (including phenoxy) is 2. The average Bonchev–Trinajstić information content (AvgIpc) is 3.14. The Kier molecular flexibility index (Phi) is 6.12. The highest BCUT2D eigenvalue weighted by Crippen LogP contribution is 2.35. The van der Waals surface area contributed by atoms with E-state index in [2.05, 4.69) is 10.1 Å². The first-order chi connectivity index (χ1) is 15.9. The van der Waals surface area contributed by atoms with E-state index in [0.29, 0.717) is 33.7 Å². The standard InChI is InChI=1S/C24H20F2N2O5/c1-14(28-19-5-3-4-6-21(19)33-24(28)30)22(29)27-16-9-12-20(32-23(25)26)18(13-16)15-7-10-17(31-2)11-8-15/h3-14,23H,1-2H3,(H,27,29). The number of methoxy groups -OCH3 is 1. The third-order valence-corrected chi connectivity index (χ3v) is 5.15. The molecule has 7 nitrogen and oxygen atoms in total. The molecule has 33 heavy (non-hydrogen) atoms. The van der Waals surface area contributed by atoms with Gasteiger partial charge in [-0.25, -0.2) is 4.79 Å². The number of anilines is 1. The summed E-state index contributed by atoms with van der Waals surface area (Å²) in [4.78, 5) is 25.2. The number of carbonyl (C=O) groups excluding carboxylic acids is 1. The van der Waals surface area contributed by atoms with Gasteiger partial charge in [-0.3, -0.25) is 9.36 Å². The fourth-order valence-corrected chi connectivity index (χ4v) is 3.52. The molecule has 0 saturated carbocycles. The van der Waals surface area contributed by atoms with E-state index in [1.165, 1.54) is 29.9 Å². The van der Waals surface area contributed by atoms with E-state index in [9.17, 15) is 18.4 Å². The van der Waals surface area contributed by atoms with Crippen molar-refractivity contribution in [1.82, 2.24) is 4.57 Å². The number of nitrogens with zero attached hydrogens (tertiary/aromatic N) is 1. The van der Waals surface area contributed by atoms with E-state index in [1.54, 1.807) is 55.5 Å². The van der Waals surface area contributed by atoms with Gasteiger partial charge in [0.1, 0.15) is 17.5 Å². The minimum atomic E-state index is -3.01. The van der Waals surface area contributed by atoms with Crippen molar-refractivity contribution >= 4 is 22.7 Å². The zero-order valence-electron chi connectivity index (χ0n) is 17.7. The summed E-state index contributed by atoms with van der Waals surface area (Å²) in [5.41, 5.74) is 2.16. The van der Waals surface area contributed by atoms with Crippen molar-refractivity contribution in [2.24, 2.45) is 0 Å². The van der Waals surface area contributed by atoms with Crippen LogP contribution in [0, 0.1) is 0 Å². The quantitative estimate of drug-likeness (QED) is 0.422. The monoisotopic (exact) mass is 454 g/mol. The molecule has 4 rings (SSSR count). The molecular weight excluding hydrogens is 434 g/mol. The Bertz CT molecular complexity index is 1350. The molecule has 1 unspecified atom stereocenters. The Morgan fingerprint density at radius 3 is 2.48 bits per heavy atom. The van der Waals surface area contributed by atoms with E-state index in [4.69, 9.17) is 9.15 Å². The van der Waals surface area contributed by atoms with Crippen LogP contribution in [0.3, 0.4) is 0 Å². The van der Waals surface area contributed by atoms with Crippen LogP contribution in [0.4, 0.5) is 14.5 Å². The molecule has 0 aliphatic carbocycles. The summed E-state index contributed by atoms with van der Waals surface area (Å²) in [6, 6.07) is 17.0. The first kappa shape index (κ1) is 22.1. The fraction of sp³-hybridized carbons (Fsp3) is 0.167. The first-order valence-corrected chi connectivity index (χ1v) is 10.0. The highest BCUT2D eigenvalue weighted by atomic mass is 19.3. The lowest BCUT2D eigenvalue weighted by atomic mass is 10.0. The molecule has 0 radical (unpaired) electrons. The molecule has 3 aromatic carbocycles. The summed E-state index contributed by atoms with van der Waals surface area (Å²) in [7, 11) is 1.52. The third-order valence-electron chi connectivity index (χ3n) is 5.15. The highest BCUT2D eigenvalue weighted by Gasteiger charge is 2.22. The maximum absolute atomic E-state index is 12.9. The summed E-state index contributed by atoms with van der Waals surface area (Å²) in [6.07, 6.45) is 0. The second kappa shape index (κ2) is 9.15. The molecule has 170 valence electrons. The van der Waals surface area contributed by atoms with Crippen molar-refractivity contribution < 1.29 is 27.5 Å². The number of nitrogens with one attached hydrogen (secondary N) is 1. The van der Waals surface area contributed by atoms with Gasteiger partial charge in [0.25, 0.3) is 0 Å². The molecule has 1 atom stereocenters. The van der Waals surface area contributed by atoms with E-state index in [-0.39, 0.29) is 5.75 Å². The van der Waals surface area contributed by atoms with Crippen LogP contribution in [0.1, 0.15) is 13.0 Å². The molecule has 4 aromatic rings. The van der Waals surface area contributed by atoms with Gasteiger partial charge in [-0.15, -0.1) is 0 Å². The van der Waals surface area contributed by atoms with Gasteiger partial charge >= 0.3 is 12.4 Å². The fourth-order valence-electron chi connectivity index (χ4n) is 3.52. The summed E-state index contributed by atoms with van der Waals surface area (Å²) in [6.45, 7) is -1.44. The Labute approximate surface area is 187 Å². The lowest BCUT2D eigenvalue weighted by Gasteiger charge is -2.16. The number of para-hydroxylation sites is 2. The SMILES string of the molecule is COc1ccc(-c2cc(NC(=O)C(C)n3c(=O)oc4ccccc43)ccc2OC(F)F)cc1. The van der Waals surface area contributed by atoms with Gasteiger partial charge in [0, 0.05) is 11.3 Å². The largest absolute Gasteiger partial charge is 0.497 e. The summed E-state index contributed by atoms with van der Waals surface area (Å²) < 4.78 is 42.1. The maximum Gasteiger partial charge on any atom is 0.420 e. The third kappa shape index (κ3) is 4.57. The second-order valence-electron chi connectivity index (χ2n) is 7.19. The van der Waals surface area contributed by atoms with Gasteiger partial charge in [-0.1, -0.05) is 24.3 Å². The number of fused-ring (bicyclic) bond motifs is 1. The van der Waals surface area contributed by atoms with Crippen LogP contribution < -0.4 is 20.5 Å². The zero-order chi connectivity index (χ0) is 23.5. The number of halogens is 2. The van der Waals surface area contributed by atoms with Crippen LogP contribution in [0.2, 0.25) is 0 Å². The van der Waals surface area contributed by atoms with E-state index in [0.717, 1.165) is 0 Å². The van der Waals surface area contributed by atoms with Crippen molar-refractivity contribution in [3.8, 4) is 22.6 Å². The molecule has 9 heteroatoms. The molecule has 1 N–H and O–H groups in total. The number of alkyl halides is 2. The predicted molar refractivity (Wildman–Crippen MR) is 119 cm³/mol. The molecule has 0 fully saturated rings. The van der Waals surface area contributed by atoms with Gasteiger partial charge in [-0.05, 0) is 55.0 Å². The molecule has 0 spiro atoms. The molecule has 1 aromatic heterocycles. The van der Waals surface area contributed by atoms with Crippen LogP contribution in [-0.2, 0) is 4.79 Å². The smallest absolute Gasteiger partial charge is 0.420 e.